The topological polar surface area (TPSA) is 80.3 Å². The molecule has 1 N–H and O–H groups in total. The molecule has 0 bridgehead atoms. The molecule has 0 spiro atoms. The maximum Gasteiger partial charge on any atom is 0.183 e. The van der Waals surface area contributed by atoms with Crippen LogP contribution in [0.1, 0.15) is 18.9 Å². The van der Waals surface area contributed by atoms with Crippen molar-refractivity contribution in [3.05, 3.63) is 29.8 Å². The number of sulfone groups is 2. The van der Waals surface area contributed by atoms with Gasteiger partial charge in [-0.1, -0.05) is 24.6 Å². The summed E-state index contributed by atoms with van der Waals surface area (Å²) < 4.78 is 49.1. The molecule has 118 valence electrons. The molecule has 1 fully saturated rings. The smallest absolute Gasteiger partial charge is 0.183 e. The molecule has 1 saturated heterocycles. The van der Waals surface area contributed by atoms with Crippen LogP contribution >= 0.6 is 0 Å². The molecule has 0 radical (unpaired) electrons. The van der Waals surface area contributed by atoms with Gasteiger partial charge in [0.1, 0.15) is 0 Å². The molecule has 1 heterocycles. The van der Waals surface area contributed by atoms with E-state index in [1.165, 1.54) is 0 Å². The Kier molecular flexibility index (Phi) is 4.75. The average Bonchev–Trinajstić information content (AvgIpc) is 2.73. The van der Waals surface area contributed by atoms with Gasteiger partial charge in [-0.15, -0.1) is 0 Å². The molecule has 2 atom stereocenters. The Morgan fingerprint density at radius 1 is 1.19 bits per heavy atom. The second kappa shape index (κ2) is 6.06. The van der Waals surface area contributed by atoms with Gasteiger partial charge < -0.3 is 5.32 Å². The number of nitrogens with one attached hydrogen (secondary N) is 1. The number of aryl methyl sites for hydroxylation is 1. The monoisotopic (exact) mass is 331 g/mol. The maximum absolute atomic E-state index is 12.7. The van der Waals surface area contributed by atoms with Crippen molar-refractivity contribution in [2.24, 2.45) is 0 Å². The summed E-state index contributed by atoms with van der Waals surface area (Å²) in [4.78, 5) is 0.193. The summed E-state index contributed by atoms with van der Waals surface area (Å²) >= 11 is 0. The fraction of sp³-hybridized carbons (Fsp3) is 0.571. The van der Waals surface area contributed by atoms with Crippen LogP contribution in [-0.4, -0.2) is 46.2 Å². The molecule has 0 aromatic heterocycles. The van der Waals surface area contributed by atoms with Crippen LogP contribution < -0.4 is 5.32 Å². The molecular weight excluding hydrogens is 310 g/mol. The summed E-state index contributed by atoms with van der Waals surface area (Å²) in [5, 5.41) is 2.16. The highest BCUT2D eigenvalue weighted by Crippen LogP contribution is 2.26. The van der Waals surface area contributed by atoms with Crippen LogP contribution in [0.5, 0.6) is 0 Å². The number of benzene rings is 1. The van der Waals surface area contributed by atoms with Gasteiger partial charge in [0.25, 0.3) is 0 Å². The van der Waals surface area contributed by atoms with E-state index in [-0.39, 0.29) is 16.4 Å². The summed E-state index contributed by atoms with van der Waals surface area (Å²) in [5.41, 5.74) is 0.966. The fourth-order valence-corrected chi connectivity index (χ4v) is 7.26. The molecule has 1 aliphatic rings. The zero-order chi connectivity index (χ0) is 15.7. The first-order valence-corrected chi connectivity index (χ1v) is 10.4. The second-order valence-corrected chi connectivity index (χ2v) is 9.85. The second-order valence-electron chi connectivity index (χ2n) is 5.53. The molecule has 1 aliphatic heterocycles. The minimum atomic E-state index is -3.65. The molecule has 7 heteroatoms. The molecule has 0 amide bonds. The largest absolute Gasteiger partial charge is 0.312 e. The van der Waals surface area contributed by atoms with E-state index >= 15 is 0 Å². The molecule has 0 unspecified atom stereocenters. The Bertz CT molecular complexity index is 693. The number of hydrogen-bond donors (Lipinski definition) is 1. The number of hydrogen-bond acceptors (Lipinski definition) is 5. The van der Waals surface area contributed by atoms with Crippen LogP contribution in [0, 0.1) is 6.92 Å². The van der Waals surface area contributed by atoms with Crippen molar-refractivity contribution in [3.63, 3.8) is 0 Å². The lowest BCUT2D eigenvalue weighted by Crippen LogP contribution is -2.43. The van der Waals surface area contributed by atoms with Gasteiger partial charge in [-0.2, -0.15) is 0 Å². The molecular formula is C14H21NO4S2. The van der Waals surface area contributed by atoms with E-state index < -0.39 is 31.0 Å². The van der Waals surface area contributed by atoms with Crippen LogP contribution in [0.25, 0.3) is 0 Å². The third kappa shape index (κ3) is 3.64. The highest BCUT2D eigenvalue weighted by molar-refractivity contribution is 7.96. The molecule has 1 aromatic rings. The van der Waals surface area contributed by atoms with E-state index in [2.05, 4.69) is 5.32 Å². The molecule has 1 aromatic carbocycles. The lowest BCUT2D eigenvalue weighted by Gasteiger charge is -2.19. The van der Waals surface area contributed by atoms with E-state index in [0.29, 0.717) is 6.54 Å². The van der Waals surface area contributed by atoms with Crippen LogP contribution in [0.2, 0.25) is 0 Å². The molecule has 0 saturated carbocycles. The Balaban J connectivity index is 2.34. The highest BCUT2D eigenvalue weighted by Gasteiger charge is 2.45. The number of rotatable bonds is 5. The predicted molar refractivity (Wildman–Crippen MR) is 82.9 cm³/mol. The van der Waals surface area contributed by atoms with E-state index in [1.807, 2.05) is 13.8 Å². The van der Waals surface area contributed by atoms with Gasteiger partial charge in [0.2, 0.25) is 0 Å². The molecule has 0 aliphatic carbocycles. The SMILES string of the molecule is CCCN[C@H]1CS(=O)(=O)C[C@@H]1S(=O)(=O)c1ccc(C)cc1. The lowest BCUT2D eigenvalue weighted by molar-refractivity contribution is 0.525. The summed E-state index contributed by atoms with van der Waals surface area (Å²) in [6, 6.07) is 6.02. The van der Waals surface area contributed by atoms with Gasteiger partial charge in [0.15, 0.2) is 19.7 Å². The zero-order valence-electron chi connectivity index (χ0n) is 12.2. The Morgan fingerprint density at radius 2 is 1.81 bits per heavy atom. The summed E-state index contributed by atoms with van der Waals surface area (Å²) in [7, 11) is -6.96. The van der Waals surface area contributed by atoms with E-state index in [0.717, 1.165) is 12.0 Å². The quantitative estimate of drug-likeness (QED) is 0.868. The average molecular weight is 331 g/mol. The van der Waals surface area contributed by atoms with Crippen molar-refractivity contribution in [3.8, 4) is 0 Å². The third-order valence-electron chi connectivity index (χ3n) is 3.71. The Morgan fingerprint density at radius 3 is 2.38 bits per heavy atom. The van der Waals surface area contributed by atoms with Crippen molar-refractivity contribution in [2.75, 3.05) is 18.1 Å². The van der Waals surface area contributed by atoms with Gasteiger partial charge >= 0.3 is 0 Å². The zero-order valence-corrected chi connectivity index (χ0v) is 13.9. The summed E-state index contributed by atoms with van der Waals surface area (Å²) in [6.07, 6.45) is 0.827. The molecule has 5 nitrogen and oxygen atoms in total. The van der Waals surface area contributed by atoms with Crippen LogP contribution in [-0.2, 0) is 19.7 Å². The van der Waals surface area contributed by atoms with E-state index in [4.69, 9.17) is 0 Å². The van der Waals surface area contributed by atoms with Crippen LogP contribution in [0.4, 0.5) is 0 Å². The van der Waals surface area contributed by atoms with Gasteiger partial charge in [-0.3, -0.25) is 0 Å². The minimum Gasteiger partial charge on any atom is -0.312 e. The predicted octanol–water partition coefficient (Wildman–Crippen LogP) is 0.934. The first kappa shape index (κ1) is 16.5. The third-order valence-corrected chi connectivity index (χ3v) is 7.87. The highest BCUT2D eigenvalue weighted by atomic mass is 32.2. The van der Waals surface area contributed by atoms with Crippen molar-refractivity contribution in [1.29, 1.82) is 0 Å². The normalized spacial score (nSPS) is 25.0. The summed E-state index contributed by atoms with van der Waals surface area (Å²) in [6.45, 7) is 4.45. The first-order chi connectivity index (χ1) is 9.76. The van der Waals surface area contributed by atoms with E-state index in [9.17, 15) is 16.8 Å². The van der Waals surface area contributed by atoms with E-state index in [1.54, 1.807) is 24.3 Å². The maximum atomic E-state index is 12.7. The molecule has 2 rings (SSSR count). The van der Waals surface area contributed by atoms with Gasteiger partial charge in [-0.25, -0.2) is 16.8 Å². The lowest BCUT2D eigenvalue weighted by atomic mass is 10.2. The first-order valence-electron chi connectivity index (χ1n) is 7.00. The van der Waals surface area contributed by atoms with Gasteiger partial charge in [0, 0.05) is 6.04 Å². The van der Waals surface area contributed by atoms with Crippen molar-refractivity contribution in [2.45, 2.75) is 36.5 Å². The van der Waals surface area contributed by atoms with Crippen molar-refractivity contribution in [1.82, 2.24) is 5.32 Å². The Labute approximate surface area is 126 Å². The van der Waals surface area contributed by atoms with Crippen molar-refractivity contribution < 1.29 is 16.8 Å². The standard InChI is InChI=1S/C14H21NO4S2/c1-3-8-15-13-9-20(16,17)10-14(13)21(18,19)12-6-4-11(2)5-7-12/h4-7,13-15H,3,8-10H2,1-2H3/t13-,14-/m0/s1. The van der Waals surface area contributed by atoms with Crippen LogP contribution in [0.15, 0.2) is 29.2 Å². The van der Waals surface area contributed by atoms with Crippen LogP contribution in [0.3, 0.4) is 0 Å². The van der Waals surface area contributed by atoms with Gasteiger partial charge in [0.05, 0.1) is 21.7 Å². The van der Waals surface area contributed by atoms with Gasteiger partial charge in [-0.05, 0) is 32.0 Å². The Hall–Kier alpha value is -0.920. The van der Waals surface area contributed by atoms with Crippen molar-refractivity contribution >= 4 is 19.7 Å². The molecule has 21 heavy (non-hydrogen) atoms. The fourth-order valence-electron chi connectivity index (χ4n) is 2.54. The summed E-state index contributed by atoms with van der Waals surface area (Å²) in [5.74, 6) is -0.409. The minimum absolute atomic E-state index is 0.108.